The maximum Gasteiger partial charge on any atom is 0.184 e. The van der Waals surface area contributed by atoms with Crippen molar-refractivity contribution < 1.29 is 19.7 Å². The SMILES string of the molecule is C[C@H]1[C@@H](CSCCO)O[C@@H](c2cccc(-c3cccc(CN)c3)c2)O[C@H]1c1ccc(CO)cc1. The molecule has 0 radical (unpaired) electrons. The van der Waals surface area contributed by atoms with E-state index in [4.69, 9.17) is 15.2 Å². The quantitative estimate of drug-likeness (QED) is 0.382. The van der Waals surface area contributed by atoms with Crippen molar-refractivity contribution in [3.8, 4) is 11.1 Å². The van der Waals surface area contributed by atoms with E-state index >= 15 is 0 Å². The Bertz CT molecular complexity index is 1060. The van der Waals surface area contributed by atoms with Crippen molar-refractivity contribution in [1.82, 2.24) is 0 Å². The summed E-state index contributed by atoms with van der Waals surface area (Å²) in [6, 6.07) is 24.5. The van der Waals surface area contributed by atoms with Crippen LogP contribution >= 0.6 is 11.8 Å². The van der Waals surface area contributed by atoms with Crippen LogP contribution in [0.4, 0.5) is 0 Å². The van der Waals surface area contributed by atoms with E-state index in [-0.39, 0.29) is 31.3 Å². The van der Waals surface area contributed by atoms with Crippen LogP contribution in [0.5, 0.6) is 0 Å². The van der Waals surface area contributed by atoms with Crippen LogP contribution in [0, 0.1) is 5.92 Å². The summed E-state index contributed by atoms with van der Waals surface area (Å²) in [6.45, 7) is 2.83. The number of aliphatic hydroxyl groups is 2. The van der Waals surface area contributed by atoms with Crippen LogP contribution in [-0.4, -0.2) is 34.4 Å². The fourth-order valence-electron chi connectivity index (χ4n) is 4.32. The van der Waals surface area contributed by atoms with Crippen molar-refractivity contribution in [3.63, 3.8) is 0 Å². The fourth-order valence-corrected chi connectivity index (χ4v) is 5.23. The van der Waals surface area contributed by atoms with Crippen molar-refractivity contribution in [1.29, 1.82) is 0 Å². The molecule has 1 aliphatic rings. The molecule has 0 aliphatic carbocycles. The van der Waals surface area contributed by atoms with Gasteiger partial charge in [0.15, 0.2) is 6.29 Å². The van der Waals surface area contributed by atoms with Gasteiger partial charge in [-0.05, 0) is 39.9 Å². The molecule has 1 fully saturated rings. The van der Waals surface area contributed by atoms with E-state index in [1.54, 1.807) is 11.8 Å². The predicted octanol–water partition coefficient (Wildman–Crippen LogP) is 4.82. The molecule has 4 N–H and O–H groups in total. The molecule has 4 atom stereocenters. The first-order valence-electron chi connectivity index (χ1n) is 11.7. The van der Waals surface area contributed by atoms with Crippen molar-refractivity contribution in [2.45, 2.75) is 38.6 Å². The number of rotatable bonds is 9. The second kappa shape index (κ2) is 12.0. The lowest BCUT2D eigenvalue weighted by Crippen LogP contribution is -2.38. The van der Waals surface area contributed by atoms with Gasteiger partial charge in [-0.1, -0.05) is 67.6 Å². The van der Waals surface area contributed by atoms with Crippen molar-refractivity contribution in [2.24, 2.45) is 11.7 Å². The Kier molecular flexibility index (Phi) is 8.78. The van der Waals surface area contributed by atoms with Crippen LogP contribution in [0.15, 0.2) is 72.8 Å². The smallest absolute Gasteiger partial charge is 0.184 e. The minimum absolute atomic E-state index is 0.0195. The molecule has 5 nitrogen and oxygen atoms in total. The van der Waals surface area contributed by atoms with Crippen LogP contribution in [0.1, 0.15) is 41.6 Å². The fraction of sp³-hybridized carbons (Fsp3) is 0.357. The second-order valence-corrected chi connectivity index (χ2v) is 9.80. The van der Waals surface area contributed by atoms with E-state index in [9.17, 15) is 10.2 Å². The number of benzene rings is 3. The first-order chi connectivity index (χ1) is 16.6. The molecule has 1 aliphatic heterocycles. The predicted molar refractivity (Wildman–Crippen MR) is 137 cm³/mol. The largest absolute Gasteiger partial charge is 0.396 e. The Morgan fingerprint density at radius 3 is 2.29 bits per heavy atom. The first kappa shape index (κ1) is 24.9. The van der Waals surface area contributed by atoms with E-state index < -0.39 is 6.29 Å². The Balaban J connectivity index is 1.62. The number of hydrogen-bond donors (Lipinski definition) is 3. The molecule has 0 spiro atoms. The van der Waals surface area contributed by atoms with E-state index in [1.807, 2.05) is 48.5 Å². The summed E-state index contributed by atoms with van der Waals surface area (Å²) in [5.41, 5.74) is 12.1. The standard InChI is InChI=1S/C28H33NO4S/c1-19-26(18-34-13-12-30)32-28(33-27(19)22-10-8-20(17-31)9-11-22)25-7-3-6-24(15-25)23-5-2-4-21(14-23)16-29/h2-11,14-15,19,26-28,30-31H,12-13,16-18,29H2,1H3/t19-,26+,27+,28+/m0/s1. The third-order valence-electron chi connectivity index (χ3n) is 6.30. The Labute approximate surface area is 205 Å². The van der Waals surface area contributed by atoms with Gasteiger partial charge >= 0.3 is 0 Å². The molecular formula is C28H33NO4S. The highest BCUT2D eigenvalue weighted by Crippen LogP contribution is 2.43. The van der Waals surface area contributed by atoms with Crippen molar-refractivity contribution in [3.05, 3.63) is 95.1 Å². The molecule has 0 aromatic heterocycles. The van der Waals surface area contributed by atoms with Crippen LogP contribution in [-0.2, 0) is 22.6 Å². The third kappa shape index (κ3) is 5.89. The summed E-state index contributed by atoms with van der Waals surface area (Å²) < 4.78 is 13.0. The number of aliphatic hydroxyl groups excluding tert-OH is 2. The van der Waals surface area contributed by atoms with Gasteiger partial charge < -0.3 is 25.4 Å². The summed E-state index contributed by atoms with van der Waals surface area (Å²) in [5.74, 6) is 1.60. The van der Waals surface area contributed by atoms with Gasteiger partial charge in [0, 0.05) is 29.5 Å². The highest BCUT2D eigenvalue weighted by molar-refractivity contribution is 7.99. The second-order valence-electron chi connectivity index (χ2n) is 8.65. The molecule has 1 heterocycles. The van der Waals surface area contributed by atoms with Gasteiger partial charge in [-0.3, -0.25) is 0 Å². The average molecular weight is 480 g/mol. The molecule has 6 heteroatoms. The molecule has 3 aromatic rings. The van der Waals surface area contributed by atoms with Gasteiger partial charge in [0.05, 0.1) is 25.4 Å². The van der Waals surface area contributed by atoms with Crippen LogP contribution < -0.4 is 5.73 Å². The van der Waals surface area contributed by atoms with Gasteiger partial charge in [0.25, 0.3) is 0 Å². The van der Waals surface area contributed by atoms with Crippen LogP contribution in [0.3, 0.4) is 0 Å². The van der Waals surface area contributed by atoms with Gasteiger partial charge in [-0.25, -0.2) is 0 Å². The minimum Gasteiger partial charge on any atom is -0.396 e. The molecule has 0 unspecified atom stereocenters. The average Bonchev–Trinajstić information content (AvgIpc) is 2.90. The molecule has 0 saturated carbocycles. The topological polar surface area (TPSA) is 84.9 Å². The molecule has 0 bridgehead atoms. The minimum atomic E-state index is -0.504. The van der Waals surface area contributed by atoms with Crippen LogP contribution in [0.25, 0.3) is 11.1 Å². The first-order valence-corrected chi connectivity index (χ1v) is 12.9. The lowest BCUT2D eigenvalue weighted by atomic mass is 9.91. The Morgan fingerprint density at radius 1 is 0.853 bits per heavy atom. The number of nitrogens with two attached hydrogens (primary N) is 1. The Hall–Kier alpha value is -2.19. The highest BCUT2D eigenvalue weighted by Gasteiger charge is 2.38. The monoisotopic (exact) mass is 479 g/mol. The molecule has 4 rings (SSSR count). The number of hydrogen-bond acceptors (Lipinski definition) is 6. The van der Waals surface area contributed by atoms with E-state index in [1.165, 1.54) is 0 Å². The summed E-state index contributed by atoms with van der Waals surface area (Å²) in [4.78, 5) is 0. The maximum absolute atomic E-state index is 9.42. The summed E-state index contributed by atoms with van der Waals surface area (Å²) in [6.07, 6.45) is -0.673. The highest BCUT2D eigenvalue weighted by atomic mass is 32.2. The zero-order valence-electron chi connectivity index (χ0n) is 19.5. The van der Waals surface area contributed by atoms with Crippen molar-refractivity contribution in [2.75, 3.05) is 18.1 Å². The Morgan fingerprint density at radius 2 is 1.59 bits per heavy atom. The van der Waals surface area contributed by atoms with Gasteiger partial charge in [0.2, 0.25) is 0 Å². The summed E-state index contributed by atoms with van der Waals surface area (Å²) in [5, 5.41) is 18.6. The van der Waals surface area contributed by atoms with Gasteiger partial charge in [0.1, 0.15) is 0 Å². The normalized spacial score (nSPS) is 22.6. The van der Waals surface area contributed by atoms with E-state index in [0.29, 0.717) is 12.3 Å². The zero-order chi connectivity index (χ0) is 23.9. The molecule has 3 aromatic carbocycles. The molecule has 180 valence electrons. The van der Waals surface area contributed by atoms with Gasteiger partial charge in [-0.2, -0.15) is 11.8 Å². The molecular weight excluding hydrogens is 446 g/mol. The van der Waals surface area contributed by atoms with Crippen molar-refractivity contribution >= 4 is 11.8 Å². The van der Waals surface area contributed by atoms with E-state index in [0.717, 1.165) is 39.1 Å². The third-order valence-corrected chi connectivity index (χ3v) is 7.33. The summed E-state index contributed by atoms with van der Waals surface area (Å²) >= 11 is 1.69. The molecule has 34 heavy (non-hydrogen) atoms. The number of ether oxygens (including phenoxy) is 2. The maximum atomic E-state index is 9.42. The summed E-state index contributed by atoms with van der Waals surface area (Å²) in [7, 11) is 0. The molecule has 0 amide bonds. The lowest BCUT2D eigenvalue weighted by molar-refractivity contribution is -0.268. The zero-order valence-corrected chi connectivity index (χ0v) is 20.3. The number of thioether (sulfide) groups is 1. The van der Waals surface area contributed by atoms with Gasteiger partial charge in [-0.15, -0.1) is 0 Å². The lowest BCUT2D eigenvalue weighted by Gasteiger charge is -2.41. The van der Waals surface area contributed by atoms with Crippen LogP contribution in [0.2, 0.25) is 0 Å². The van der Waals surface area contributed by atoms with E-state index in [2.05, 4.69) is 31.2 Å². The molecule has 1 saturated heterocycles.